The lowest BCUT2D eigenvalue weighted by atomic mass is 10.2. The predicted octanol–water partition coefficient (Wildman–Crippen LogP) is 2.89. The Morgan fingerprint density at radius 2 is 2.08 bits per heavy atom. The van der Waals surface area contributed by atoms with Crippen LogP contribution < -0.4 is 0 Å². The highest BCUT2D eigenvalue weighted by Crippen LogP contribution is 2.32. The van der Waals surface area contributed by atoms with Gasteiger partial charge in [-0.1, -0.05) is 35.7 Å². The lowest BCUT2D eigenvalue weighted by molar-refractivity contribution is 0.280. The Morgan fingerprint density at radius 3 is 2.58 bits per heavy atom. The summed E-state index contributed by atoms with van der Waals surface area (Å²) >= 11 is 3.47. The van der Waals surface area contributed by atoms with Crippen LogP contribution >= 0.6 is 15.9 Å². The summed E-state index contributed by atoms with van der Waals surface area (Å²) in [5, 5.41) is 1.15. The van der Waals surface area contributed by atoms with Gasteiger partial charge in [0.05, 0.1) is 0 Å². The molecular weight excluding hydrogens is 214 g/mol. The third-order valence-electron chi connectivity index (χ3n) is 2.61. The summed E-state index contributed by atoms with van der Waals surface area (Å²) in [5.74, 6) is 1.09. The molecule has 1 saturated carbocycles. The summed E-state index contributed by atoms with van der Waals surface area (Å²) in [5.41, 5.74) is 0. The first kappa shape index (κ1) is 10.5. The van der Waals surface area contributed by atoms with Crippen LogP contribution in [-0.4, -0.2) is 29.9 Å². The molecule has 0 heterocycles. The number of halogens is 1. The minimum Gasteiger partial charge on any atom is -0.304 e. The van der Waals surface area contributed by atoms with E-state index in [1.54, 1.807) is 0 Å². The van der Waals surface area contributed by atoms with Crippen LogP contribution in [0.25, 0.3) is 0 Å². The second-order valence-corrected chi connectivity index (χ2v) is 4.50. The summed E-state index contributed by atoms with van der Waals surface area (Å²) in [6.45, 7) is 6.09. The SMILES string of the molecule is CCN(CCCBr)CCC1CC1. The lowest BCUT2D eigenvalue weighted by Crippen LogP contribution is -2.26. The second-order valence-electron chi connectivity index (χ2n) is 3.71. The zero-order valence-electron chi connectivity index (χ0n) is 8.06. The van der Waals surface area contributed by atoms with E-state index in [-0.39, 0.29) is 0 Å². The largest absolute Gasteiger partial charge is 0.304 e. The van der Waals surface area contributed by atoms with Crippen molar-refractivity contribution in [3.8, 4) is 0 Å². The standard InChI is InChI=1S/C10H20BrN/c1-2-12(8-3-7-11)9-6-10-4-5-10/h10H,2-9H2,1H3. The molecule has 0 saturated heterocycles. The van der Waals surface area contributed by atoms with Gasteiger partial charge in [-0.25, -0.2) is 0 Å². The van der Waals surface area contributed by atoms with Crippen molar-refractivity contribution in [3.63, 3.8) is 0 Å². The molecule has 0 aliphatic heterocycles. The molecule has 0 spiro atoms. The van der Waals surface area contributed by atoms with Gasteiger partial charge in [0, 0.05) is 5.33 Å². The summed E-state index contributed by atoms with van der Waals surface area (Å²) in [6, 6.07) is 0. The van der Waals surface area contributed by atoms with Crippen LogP contribution in [0.4, 0.5) is 0 Å². The Kier molecular flexibility index (Phi) is 5.24. The van der Waals surface area contributed by atoms with Crippen molar-refractivity contribution in [2.75, 3.05) is 25.0 Å². The minimum atomic E-state index is 1.09. The average molecular weight is 234 g/mol. The topological polar surface area (TPSA) is 3.24 Å². The molecule has 1 aliphatic carbocycles. The van der Waals surface area contributed by atoms with Crippen molar-refractivity contribution in [1.82, 2.24) is 4.90 Å². The van der Waals surface area contributed by atoms with Crippen LogP contribution in [0.3, 0.4) is 0 Å². The quantitative estimate of drug-likeness (QED) is 0.612. The maximum atomic E-state index is 3.47. The Hall–Kier alpha value is 0.440. The molecule has 0 atom stereocenters. The monoisotopic (exact) mass is 233 g/mol. The van der Waals surface area contributed by atoms with Gasteiger partial charge in [0.1, 0.15) is 0 Å². The van der Waals surface area contributed by atoms with Crippen LogP contribution in [0.2, 0.25) is 0 Å². The van der Waals surface area contributed by atoms with E-state index in [1.165, 1.54) is 45.3 Å². The van der Waals surface area contributed by atoms with Crippen LogP contribution in [-0.2, 0) is 0 Å². The Morgan fingerprint density at radius 1 is 1.33 bits per heavy atom. The highest BCUT2D eigenvalue weighted by Gasteiger charge is 2.21. The van der Waals surface area contributed by atoms with Gasteiger partial charge < -0.3 is 4.90 Å². The molecule has 1 nitrogen and oxygen atoms in total. The molecule has 0 bridgehead atoms. The van der Waals surface area contributed by atoms with Crippen molar-refractivity contribution in [3.05, 3.63) is 0 Å². The maximum Gasteiger partial charge on any atom is 0.00434 e. The van der Waals surface area contributed by atoms with Gasteiger partial charge in [-0.15, -0.1) is 0 Å². The van der Waals surface area contributed by atoms with Crippen LogP contribution in [0.15, 0.2) is 0 Å². The van der Waals surface area contributed by atoms with Gasteiger partial charge in [0.25, 0.3) is 0 Å². The molecule has 0 aromatic rings. The molecule has 0 radical (unpaired) electrons. The van der Waals surface area contributed by atoms with Gasteiger partial charge in [0.2, 0.25) is 0 Å². The molecule has 1 rings (SSSR count). The van der Waals surface area contributed by atoms with E-state index in [4.69, 9.17) is 0 Å². The van der Waals surface area contributed by atoms with Crippen LogP contribution in [0, 0.1) is 5.92 Å². The third kappa shape index (κ3) is 4.46. The maximum absolute atomic E-state index is 3.47. The molecule has 1 fully saturated rings. The number of hydrogen-bond acceptors (Lipinski definition) is 1. The van der Waals surface area contributed by atoms with E-state index < -0.39 is 0 Å². The fraction of sp³-hybridized carbons (Fsp3) is 1.00. The third-order valence-corrected chi connectivity index (χ3v) is 3.17. The summed E-state index contributed by atoms with van der Waals surface area (Å²) in [4.78, 5) is 2.57. The van der Waals surface area contributed by atoms with E-state index in [9.17, 15) is 0 Å². The summed E-state index contributed by atoms with van der Waals surface area (Å²) in [6.07, 6.45) is 5.72. The van der Waals surface area contributed by atoms with Gasteiger partial charge in [-0.3, -0.25) is 0 Å². The first-order chi connectivity index (χ1) is 5.86. The Bertz CT molecular complexity index is 112. The number of alkyl halides is 1. The predicted molar refractivity (Wildman–Crippen MR) is 57.9 cm³/mol. The van der Waals surface area contributed by atoms with Crippen LogP contribution in [0.1, 0.15) is 32.6 Å². The summed E-state index contributed by atoms with van der Waals surface area (Å²) in [7, 11) is 0. The molecule has 72 valence electrons. The highest BCUT2D eigenvalue weighted by atomic mass is 79.9. The van der Waals surface area contributed by atoms with E-state index in [0.717, 1.165) is 11.2 Å². The van der Waals surface area contributed by atoms with E-state index in [1.807, 2.05) is 0 Å². The molecule has 0 aromatic carbocycles. The van der Waals surface area contributed by atoms with Crippen LogP contribution in [0.5, 0.6) is 0 Å². The normalized spacial score (nSPS) is 17.2. The average Bonchev–Trinajstić information content (AvgIpc) is 2.89. The van der Waals surface area contributed by atoms with Gasteiger partial charge >= 0.3 is 0 Å². The smallest absolute Gasteiger partial charge is 0.00434 e. The van der Waals surface area contributed by atoms with Gasteiger partial charge in [0.15, 0.2) is 0 Å². The zero-order chi connectivity index (χ0) is 8.81. The fourth-order valence-electron chi connectivity index (χ4n) is 1.48. The lowest BCUT2D eigenvalue weighted by Gasteiger charge is -2.19. The van der Waals surface area contributed by atoms with E-state index in [0.29, 0.717) is 0 Å². The van der Waals surface area contributed by atoms with E-state index in [2.05, 4.69) is 27.8 Å². The Labute approximate surface area is 84.6 Å². The summed E-state index contributed by atoms with van der Waals surface area (Å²) < 4.78 is 0. The molecule has 0 N–H and O–H groups in total. The first-order valence-corrected chi connectivity index (χ1v) is 6.27. The zero-order valence-corrected chi connectivity index (χ0v) is 9.65. The molecule has 0 aromatic heterocycles. The fourth-order valence-corrected chi connectivity index (χ4v) is 1.73. The molecule has 12 heavy (non-hydrogen) atoms. The molecule has 1 aliphatic rings. The minimum absolute atomic E-state index is 1.09. The van der Waals surface area contributed by atoms with Crippen molar-refractivity contribution in [1.29, 1.82) is 0 Å². The number of rotatable bonds is 7. The van der Waals surface area contributed by atoms with Crippen molar-refractivity contribution in [2.24, 2.45) is 5.92 Å². The first-order valence-electron chi connectivity index (χ1n) is 5.15. The van der Waals surface area contributed by atoms with Gasteiger partial charge in [-0.05, 0) is 38.4 Å². The second kappa shape index (κ2) is 5.98. The van der Waals surface area contributed by atoms with E-state index >= 15 is 0 Å². The Balaban J connectivity index is 1.98. The van der Waals surface area contributed by atoms with Crippen molar-refractivity contribution >= 4 is 15.9 Å². The van der Waals surface area contributed by atoms with Crippen molar-refractivity contribution in [2.45, 2.75) is 32.6 Å². The molecule has 2 heteroatoms. The number of hydrogen-bond donors (Lipinski definition) is 0. The molecule has 0 unspecified atom stereocenters. The van der Waals surface area contributed by atoms with Gasteiger partial charge in [-0.2, -0.15) is 0 Å². The number of nitrogens with zero attached hydrogens (tertiary/aromatic N) is 1. The molecular formula is C10H20BrN. The molecule has 0 amide bonds. The highest BCUT2D eigenvalue weighted by molar-refractivity contribution is 9.09. The van der Waals surface area contributed by atoms with Crippen molar-refractivity contribution < 1.29 is 0 Å².